The van der Waals surface area contributed by atoms with Crippen molar-refractivity contribution in [1.82, 2.24) is 4.90 Å². The zero-order valence-corrected chi connectivity index (χ0v) is 9.73. The van der Waals surface area contributed by atoms with Gasteiger partial charge in [-0.05, 0) is 21.0 Å². The van der Waals surface area contributed by atoms with E-state index in [0.29, 0.717) is 14.1 Å². The Bertz CT molecular complexity index is 329. The van der Waals surface area contributed by atoms with Crippen LogP contribution in [0.25, 0.3) is 0 Å². The molecule has 0 aliphatic carbocycles. The van der Waals surface area contributed by atoms with Crippen molar-refractivity contribution in [2.45, 2.75) is 36.7 Å². The van der Waals surface area contributed by atoms with Gasteiger partial charge in [0.2, 0.25) is 0 Å². The van der Waals surface area contributed by atoms with Gasteiger partial charge in [0.05, 0.1) is 0 Å². The lowest BCUT2D eigenvalue weighted by atomic mass is 9.91. The van der Waals surface area contributed by atoms with Gasteiger partial charge in [0.15, 0.2) is 0 Å². The molecule has 116 valence electrons. The number of hydrogen-bond acceptors (Lipinski definition) is 1. The monoisotopic (exact) mass is 309 g/mol. The molecule has 0 fully saturated rings. The van der Waals surface area contributed by atoms with Crippen LogP contribution < -0.4 is 0 Å². The highest BCUT2D eigenvalue weighted by atomic mass is 19.4. The molecule has 19 heavy (non-hydrogen) atoms. The van der Waals surface area contributed by atoms with Gasteiger partial charge in [-0.15, -0.1) is 0 Å². The number of alkyl halides is 10. The number of hydrogen-bond donors (Lipinski definition) is 0. The van der Waals surface area contributed by atoms with Gasteiger partial charge in [0, 0.05) is 0 Å². The summed E-state index contributed by atoms with van der Waals surface area (Å²) in [5.74, 6) is -13.6. The maximum Gasteiger partial charge on any atom is 0.460 e. The summed E-state index contributed by atoms with van der Waals surface area (Å²) < 4.78 is 126. The molecule has 0 aliphatic heterocycles. The van der Waals surface area contributed by atoms with Crippen molar-refractivity contribution >= 4 is 0 Å². The lowest BCUT2D eigenvalue weighted by Gasteiger charge is -2.42. The largest absolute Gasteiger partial charge is 0.460 e. The molecule has 0 bridgehead atoms. The smallest absolute Gasteiger partial charge is 0.248 e. The standard InChI is InChI=1S/C8H9F10N/c1-4(9,8(17,18)19(2)3)5(10,11)6(12,13)7(14,15)16/h1-3H3. The second kappa shape index (κ2) is 4.38. The molecule has 0 aromatic heterocycles. The zero-order chi connectivity index (χ0) is 16.1. The summed E-state index contributed by atoms with van der Waals surface area (Å²) in [7, 11) is 0.694. The van der Waals surface area contributed by atoms with Crippen molar-refractivity contribution in [2.75, 3.05) is 14.1 Å². The van der Waals surface area contributed by atoms with E-state index >= 15 is 0 Å². The van der Waals surface area contributed by atoms with E-state index in [1.165, 1.54) is 0 Å². The van der Waals surface area contributed by atoms with Gasteiger partial charge in [-0.3, -0.25) is 0 Å². The lowest BCUT2D eigenvalue weighted by Crippen LogP contribution is -2.69. The van der Waals surface area contributed by atoms with Gasteiger partial charge >= 0.3 is 24.1 Å². The van der Waals surface area contributed by atoms with Crippen molar-refractivity contribution in [3.05, 3.63) is 0 Å². The molecule has 0 aromatic rings. The van der Waals surface area contributed by atoms with Crippen LogP contribution in [0.5, 0.6) is 0 Å². The Morgan fingerprint density at radius 2 is 0.947 bits per heavy atom. The first-order valence-corrected chi connectivity index (χ1v) is 4.51. The van der Waals surface area contributed by atoms with E-state index in [9.17, 15) is 43.9 Å². The van der Waals surface area contributed by atoms with E-state index in [0.717, 1.165) is 0 Å². The van der Waals surface area contributed by atoms with E-state index in [4.69, 9.17) is 0 Å². The van der Waals surface area contributed by atoms with E-state index in [-0.39, 0.29) is 0 Å². The van der Waals surface area contributed by atoms with Gasteiger partial charge in [-0.1, -0.05) is 0 Å². The summed E-state index contributed by atoms with van der Waals surface area (Å²) in [6.45, 7) is -0.716. The minimum atomic E-state index is -6.96. The van der Waals surface area contributed by atoms with Crippen molar-refractivity contribution in [1.29, 1.82) is 0 Å². The second-order valence-corrected chi connectivity index (χ2v) is 4.09. The number of halogens is 10. The van der Waals surface area contributed by atoms with E-state index in [1.807, 2.05) is 0 Å². The quantitative estimate of drug-likeness (QED) is 0.565. The van der Waals surface area contributed by atoms with Gasteiger partial charge in [-0.2, -0.15) is 39.5 Å². The summed E-state index contributed by atoms with van der Waals surface area (Å²) >= 11 is 0. The Hall–Kier alpha value is -0.740. The van der Waals surface area contributed by atoms with Gasteiger partial charge in [0.1, 0.15) is 0 Å². The fraction of sp³-hybridized carbons (Fsp3) is 1.00. The molecule has 0 radical (unpaired) electrons. The normalized spacial score (nSPS) is 18.6. The summed E-state index contributed by atoms with van der Waals surface area (Å²) in [6, 6.07) is -5.26. The Labute approximate surface area is 101 Å². The summed E-state index contributed by atoms with van der Waals surface area (Å²) in [4.78, 5) is -0.520. The van der Waals surface area contributed by atoms with E-state index < -0.39 is 41.6 Å². The molecule has 0 aromatic carbocycles. The second-order valence-electron chi connectivity index (χ2n) is 4.09. The van der Waals surface area contributed by atoms with Crippen LogP contribution in [0.1, 0.15) is 6.92 Å². The van der Waals surface area contributed by atoms with Crippen LogP contribution in [0.2, 0.25) is 0 Å². The molecule has 1 atom stereocenters. The zero-order valence-electron chi connectivity index (χ0n) is 9.73. The minimum absolute atomic E-state index is 0.347. The Kier molecular flexibility index (Phi) is 4.21. The molecular weight excluding hydrogens is 300 g/mol. The summed E-state index contributed by atoms with van der Waals surface area (Å²) in [6.07, 6.45) is -6.88. The fourth-order valence-corrected chi connectivity index (χ4v) is 1.08. The molecule has 0 amide bonds. The molecule has 0 rings (SSSR count). The van der Waals surface area contributed by atoms with Gasteiger partial charge in [0.25, 0.3) is 5.67 Å². The molecule has 11 heteroatoms. The minimum Gasteiger partial charge on any atom is -0.248 e. The van der Waals surface area contributed by atoms with Gasteiger partial charge in [-0.25, -0.2) is 9.29 Å². The fourth-order valence-electron chi connectivity index (χ4n) is 1.08. The maximum absolute atomic E-state index is 13.4. The summed E-state index contributed by atoms with van der Waals surface area (Å²) in [5.41, 5.74) is -5.46. The molecule has 0 aliphatic rings. The predicted molar refractivity (Wildman–Crippen MR) is 44.1 cm³/mol. The first kappa shape index (κ1) is 18.3. The van der Waals surface area contributed by atoms with Crippen LogP contribution in [0.4, 0.5) is 43.9 Å². The highest BCUT2D eigenvalue weighted by molar-refractivity contribution is 5.08. The van der Waals surface area contributed by atoms with Crippen molar-refractivity contribution in [3.63, 3.8) is 0 Å². The lowest BCUT2D eigenvalue weighted by molar-refractivity contribution is -0.405. The van der Waals surface area contributed by atoms with Crippen molar-refractivity contribution in [2.24, 2.45) is 0 Å². The molecule has 0 spiro atoms. The Balaban J connectivity index is 5.92. The average Bonchev–Trinajstić information content (AvgIpc) is 2.14. The number of nitrogens with zero attached hydrogens (tertiary/aromatic N) is 1. The van der Waals surface area contributed by atoms with Crippen molar-refractivity contribution in [3.8, 4) is 0 Å². The first-order valence-electron chi connectivity index (χ1n) is 4.51. The first-order chi connectivity index (χ1) is 7.94. The predicted octanol–water partition coefficient (Wildman–Crippen LogP) is 3.70. The summed E-state index contributed by atoms with van der Waals surface area (Å²) in [5, 5.41) is 0. The topological polar surface area (TPSA) is 3.24 Å². The molecule has 1 unspecified atom stereocenters. The van der Waals surface area contributed by atoms with Crippen LogP contribution in [0, 0.1) is 0 Å². The molecule has 0 saturated heterocycles. The highest BCUT2D eigenvalue weighted by Gasteiger charge is 2.84. The molecule has 0 saturated carbocycles. The molecule has 1 nitrogen and oxygen atoms in total. The van der Waals surface area contributed by atoms with Gasteiger partial charge < -0.3 is 0 Å². The highest BCUT2D eigenvalue weighted by Crippen LogP contribution is 2.56. The van der Waals surface area contributed by atoms with E-state index in [2.05, 4.69) is 0 Å². The van der Waals surface area contributed by atoms with Crippen LogP contribution in [0.15, 0.2) is 0 Å². The average molecular weight is 309 g/mol. The van der Waals surface area contributed by atoms with Crippen LogP contribution >= 0.6 is 0 Å². The Morgan fingerprint density at radius 3 is 1.16 bits per heavy atom. The van der Waals surface area contributed by atoms with Crippen LogP contribution in [-0.2, 0) is 0 Å². The Morgan fingerprint density at radius 1 is 0.632 bits per heavy atom. The molecule has 0 N–H and O–H groups in total. The molecule has 0 heterocycles. The number of rotatable bonds is 4. The van der Waals surface area contributed by atoms with Crippen molar-refractivity contribution < 1.29 is 43.9 Å². The maximum atomic E-state index is 13.4. The third-order valence-corrected chi connectivity index (χ3v) is 2.47. The SMILES string of the molecule is CN(C)C(F)(F)C(C)(F)C(F)(F)C(F)(F)C(F)(F)F. The third-order valence-electron chi connectivity index (χ3n) is 2.47. The van der Waals surface area contributed by atoms with Crippen LogP contribution in [-0.4, -0.2) is 48.7 Å². The third kappa shape index (κ3) is 2.36. The van der Waals surface area contributed by atoms with Crippen LogP contribution in [0.3, 0.4) is 0 Å². The van der Waals surface area contributed by atoms with E-state index in [1.54, 1.807) is 0 Å². The molecular formula is C8H9F10N.